The van der Waals surface area contributed by atoms with Crippen LogP contribution in [-0.4, -0.2) is 14.7 Å². The first-order valence-corrected chi connectivity index (χ1v) is 9.02. The van der Waals surface area contributed by atoms with Crippen LogP contribution in [0.1, 0.15) is 31.4 Å². The number of benzene rings is 2. The van der Waals surface area contributed by atoms with Crippen LogP contribution < -0.4 is 5.32 Å². The molecular formula is C17H21NO2S. The van der Waals surface area contributed by atoms with Crippen LogP contribution in [-0.2, 0) is 9.84 Å². The number of rotatable bonds is 6. The van der Waals surface area contributed by atoms with Crippen molar-refractivity contribution in [1.82, 2.24) is 0 Å². The number of hydrogen-bond acceptors (Lipinski definition) is 3. The first kappa shape index (κ1) is 15.6. The Labute approximate surface area is 126 Å². The average Bonchev–Trinajstić information content (AvgIpc) is 2.47. The van der Waals surface area contributed by atoms with Gasteiger partial charge in [0.15, 0.2) is 9.84 Å². The van der Waals surface area contributed by atoms with Gasteiger partial charge in [0.05, 0.1) is 16.6 Å². The fraction of sp³-hybridized carbons (Fsp3) is 0.294. The molecule has 3 nitrogen and oxygen atoms in total. The van der Waals surface area contributed by atoms with Crippen molar-refractivity contribution >= 4 is 15.5 Å². The summed E-state index contributed by atoms with van der Waals surface area (Å²) < 4.78 is 23.8. The van der Waals surface area contributed by atoms with Crippen molar-refractivity contribution in [2.24, 2.45) is 0 Å². The van der Waals surface area contributed by atoms with Gasteiger partial charge in [0, 0.05) is 6.26 Å². The quantitative estimate of drug-likeness (QED) is 0.876. The third-order valence-corrected chi connectivity index (χ3v) is 4.55. The van der Waals surface area contributed by atoms with E-state index in [1.54, 1.807) is 12.1 Å². The summed E-state index contributed by atoms with van der Waals surface area (Å²) in [4.78, 5) is 0.349. The van der Waals surface area contributed by atoms with E-state index in [1.807, 2.05) is 30.3 Å². The van der Waals surface area contributed by atoms with E-state index in [0.29, 0.717) is 10.6 Å². The molecule has 2 aromatic rings. The second-order valence-electron chi connectivity index (χ2n) is 5.16. The molecule has 2 aromatic carbocycles. The van der Waals surface area contributed by atoms with E-state index in [4.69, 9.17) is 0 Å². The van der Waals surface area contributed by atoms with Gasteiger partial charge in [-0.15, -0.1) is 0 Å². The highest BCUT2D eigenvalue weighted by molar-refractivity contribution is 7.90. The number of para-hydroxylation sites is 1. The lowest BCUT2D eigenvalue weighted by atomic mass is 10.0. The van der Waals surface area contributed by atoms with Gasteiger partial charge in [0.1, 0.15) is 0 Å². The van der Waals surface area contributed by atoms with Crippen LogP contribution in [0.15, 0.2) is 59.5 Å². The summed E-state index contributed by atoms with van der Waals surface area (Å²) in [5.41, 5.74) is 1.84. The van der Waals surface area contributed by atoms with Crippen LogP contribution >= 0.6 is 0 Å². The van der Waals surface area contributed by atoms with Gasteiger partial charge in [-0.3, -0.25) is 0 Å². The molecule has 0 aliphatic carbocycles. The maximum atomic E-state index is 11.9. The molecular weight excluding hydrogens is 282 g/mol. The lowest BCUT2D eigenvalue weighted by Gasteiger charge is -2.21. The third kappa shape index (κ3) is 4.08. The molecule has 2 rings (SSSR count). The molecule has 0 amide bonds. The Morgan fingerprint density at radius 1 is 1.00 bits per heavy atom. The normalized spacial score (nSPS) is 12.9. The van der Waals surface area contributed by atoms with Crippen LogP contribution in [0.25, 0.3) is 0 Å². The molecule has 0 aliphatic rings. The summed E-state index contributed by atoms with van der Waals surface area (Å²) in [6.45, 7) is 2.13. The first-order chi connectivity index (χ1) is 10.0. The maximum Gasteiger partial charge on any atom is 0.177 e. The second kappa shape index (κ2) is 6.76. The zero-order valence-electron chi connectivity index (χ0n) is 12.4. The Kier molecular flexibility index (Phi) is 5.02. The lowest BCUT2D eigenvalue weighted by molar-refractivity contribution is 0.601. The predicted octanol–water partition coefficient (Wildman–Crippen LogP) is 4.04. The standard InChI is InChI=1S/C17H21NO2S/c1-3-9-15(14-10-5-4-6-11-14)18-16-12-7-8-13-17(16)21(2,19)20/h4-8,10-13,15,18H,3,9H2,1-2H3. The van der Waals surface area contributed by atoms with Gasteiger partial charge in [-0.05, 0) is 24.1 Å². The molecule has 0 fully saturated rings. The zero-order chi connectivity index (χ0) is 15.3. The molecule has 4 heteroatoms. The first-order valence-electron chi connectivity index (χ1n) is 7.13. The minimum absolute atomic E-state index is 0.110. The molecule has 0 spiro atoms. The van der Waals surface area contributed by atoms with E-state index in [0.717, 1.165) is 12.8 Å². The van der Waals surface area contributed by atoms with Crippen LogP contribution in [0.5, 0.6) is 0 Å². The topological polar surface area (TPSA) is 46.2 Å². The highest BCUT2D eigenvalue weighted by Gasteiger charge is 2.16. The Morgan fingerprint density at radius 2 is 1.62 bits per heavy atom. The summed E-state index contributed by atoms with van der Waals surface area (Å²) >= 11 is 0. The molecule has 0 saturated heterocycles. The minimum Gasteiger partial charge on any atom is -0.377 e. The minimum atomic E-state index is -3.24. The number of hydrogen-bond donors (Lipinski definition) is 1. The highest BCUT2D eigenvalue weighted by Crippen LogP contribution is 2.28. The van der Waals surface area contributed by atoms with Crippen molar-refractivity contribution in [1.29, 1.82) is 0 Å². The van der Waals surface area contributed by atoms with Gasteiger partial charge < -0.3 is 5.32 Å². The molecule has 1 atom stereocenters. The SMILES string of the molecule is CCCC(Nc1ccccc1S(C)(=O)=O)c1ccccc1. The molecule has 1 N–H and O–H groups in total. The van der Waals surface area contributed by atoms with E-state index in [1.165, 1.54) is 11.8 Å². The van der Waals surface area contributed by atoms with Crippen molar-refractivity contribution in [3.8, 4) is 0 Å². The van der Waals surface area contributed by atoms with Gasteiger partial charge >= 0.3 is 0 Å². The molecule has 0 aromatic heterocycles. The molecule has 0 saturated carbocycles. The van der Waals surface area contributed by atoms with Gasteiger partial charge in [0.2, 0.25) is 0 Å². The van der Waals surface area contributed by atoms with Crippen LogP contribution in [0, 0.1) is 0 Å². The van der Waals surface area contributed by atoms with E-state index in [-0.39, 0.29) is 6.04 Å². The fourth-order valence-corrected chi connectivity index (χ4v) is 3.25. The monoisotopic (exact) mass is 303 g/mol. The fourth-order valence-electron chi connectivity index (χ4n) is 2.39. The van der Waals surface area contributed by atoms with Crippen molar-refractivity contribution < 1.29 is 8.42 Å². The van der Waals surface area contributed by atoms with Crippen molar-refractivity contribution in [3.63, 3.8) is 0 Å². The van der Waals surface area contributed by atoms with Crippen molar-refractivity contribution in [3.05, 3.63) is 60.2 Å². The van der Waals surface area contributed by atoms with Crippen LogP contribution in [0.4, 0.5) is 5.69 Å². The molecule has 21 heavy (non-hydrogen) atoms. The lowest BCUT2D eigenvalue weighted by Crippen LogP contribution is -2.13. The molecule has 0 aliphatic heterocycles. The summed E-state index contributed by atoms with van der Waals surface area (Å²) in [6.07, 6.45) is 3.21. The van der Waals surface area contributed by atoms with Gasteiger partial charge in [0.25, 0.3) is 0 Å². The van der Waals surface area contributed by atoms with Gasteiger partial charge in [-0.25, -0.2) is 8.42 Å². The van der Waals surface area contributed by atoms with E-state index < -0.39 is 9.84 Å². The second-order valence-corrected chi connectivity index (χ2v) is 7.15. The highest BCUT2D eigenvalue weighted by atomic mass is 32.2. The summed E-state index contributed by atoms with van der Waals surface area (Å²) in [5, 5.41) is 3.39. The number of sulfone groups is 1. The Bertz CT molecular complexity index is 681. The van der Waals surface area contributed by atoms with Crippen molar-refractivity contribution in [2.45, 2.75) is 30.7 Å². The summed E-state index contributed by atoms with van der Waals surface area (Å²) in [6, 6.07) is 17.3. The summed E-state index contributed by atoms with van der Waals surface area (Å²) in [5.74, 6) is 0. The average molecular weight is 303 g/mol. The zero-order valence-corrected chi connectivity index (χ0v) is 13.2. The molecule has 112 valence electrons. The van der Waals surface area contributed by atoms with Crippen LogP contribution in [0.3, 0.4) is 0 Å². The Hall–Kier alpha value is -1.81. The Morgan fingerprint density at radius 3 is 2.24 bits per heavy atom. The van der Waals surface area contributed by atoms with Crippen LogP contribution in [0.2, 0.25) is 0 Å². The molecule has 0 radical (unpaired) electrons. The van der Waals surface area contributed by atoms with Gasteiger partial charge in [-0.2, -0.15) is 0 Å². The number of nitrogens with one attached hydrogen (secondary N) is 1. The van der Waals surface area contributed by atoms with E-state index in [2.05, 4.69) is 24.4 Å². The third-order valence-electron chi connectivity index (χ3n) is 3.40. The van der Waals surface area contributed by atoms with Gasteiger partial charge in [-0.1, -0.05) is 55.8 Å². The number of anilines is 1. The largest absolute Gasteiger partial charge is 0.377 e. The van der Waals surface area contributed by atoms with E-state index >= 15 is 0 Å². The smallest absolute Gasteiger partial charge is 0.177 e. The molecule has 0 heterocycles. The predicted molar refractivity (Wildman–Crippen MR) is 87.3 cm³/mol. The summed E-state index contributed by atoms with van der Waals surface area (Å²) in [7, 11) is -3.24. The maximum absolute atomic E-state index is 11.9. The molecule has 0 bridgehead atoms. The van der Waals surface area contributed by atoms with E-state index in [9.17, 15) is 8.42 Å². The Balaban J connectivity index is 2.35. The molecule has 1 unspecified atom stereocenters. The van der Waals surface area contributed by atoms with Crippen molar-refractivity contribution in [2.75, 3.05) is 11.6 Å².